The largest absolute Gasteiger partial charge is 0.368 e. The van der Waals surface area contributed by atoms with Gasteiger partial charge in [0.25, 0.3) is 0 Å². The number of carbonyl (C=O) groups excluding carboxylic acids is 2. The molecule has 8 rings (SSSR count). The van der Waals surface area contributed by atoms with Crippen molar-refractivity contribution in [2.45, 2.75) is 437 Å². The minimum Gasteiger partial charge on any atom is -0.368 e. The lowest BCUT2D eigenvalue weighted by atomic mass is 9.92. The molecule has 0 bridgehead atoms. The van der Waals surface area contributed by atoms with Gasteiger partial charge in [-0.25, -0.2) is 0 Å². The van der Waals surface area contributed by atoms with Crippen LogP contribution < -0.4 is 10.6 Å². The fourth-order valence-corrected chi connectivity index (χ4v) is 17.9. The molecule has 2 fully saturated rings. The SMILES string of the molecule is CCCCCCCCCCCCCC(CCCCCCCCCCCCC)C(=O)NCC1O[C@H](O[C@H]2OC(CNC(=O)C(CCCCCCCCCCCCC)CCCCCCCCCCCCC)[C@@H](OCc3ccccc3)[C@@H](OCc3ccccc3)C2OCc2ccccc2)C(OCc2ccccc2)[C@H](OCc2ccccc2)[C@@H]1OCc1ccccc1. The van der Waals surface area contributed by atoms with Crippen LogP contribution in [0.5, 0.6) is 0 Å². The van der Waals surface area contributed by atoms with Crippen molar-refractivity contribution in [2.24, 2.45) is 11.8 Å². The first-order chi connectivity index (χ1) is 60.8. The van der Waals surface area contributed by atoms with E-state index in [1.165, 1.54) is 231 Å². The molecular formula is C110H168N2O11. The predicted molar refractivity (Wildman–Crippen MR) is 506 cm³/mol. The molecule has 0 spiro atoms. The Bertz CT molecular complexity index is 3170. The molecule has 2 N–H and O–H groups in total. The number of amides is 2. The summed E-state index contributed by atoms with van der Waals surface area (Å²) in [5.41, 5.74) is 5.79. The first-order valence-corrected chi connectivity index (χ1v) is 50.3. The van der Waals surface area contributed by atoms with Crippen molar-refractivity contribution >= 4 is 11.8 Å². The minimum atomic E-state index is -1.24. The molecule has 10 atom stereocenters. The summed E-state index contributed by atoms with van der Waals surface area (Å²) in [6.45, 7) is 10.6. The highest BCUT2D eigenvalue weighted by Crippen LogP contribution is 2.38. The molecule has 2 heterocycles. The normalized spacial score (nSPS) is 19.1. The molecule has 6 aromatic rings. The first kappa shape index (κ1) is 102. The molecule has 6 aromatic carbocycles. The van der Waals surface area contributed by atoms with Crippen LogP contribution in [0.1, 0.15) is 369 Å². The van der Waals surface area contributed by atoms with Gasteiger partial charge in [-0.2, -0.15) is 0 Å². The highest BCUT2D eigenvalue weighted by atomic mass is 16.8. The Morgan fingerprint density at radius 3 is 0.626 bits per heavy atom. The highest BCUT2D eigenvalue weighted by molar-refractivity contribution is 5.79. The van der Waals surface area contributed by atoms with E-state index in [-0.39, 0.29) is 76.4 Å². The quantitative estimate of drug-likeness (QED) is 0.0353. The third-order valence-electron chi connectivity index (χ3n) is 25.5. The molecule has 0 saturated carbocycles. The molecule has 2 aliphatic rings. The van der Waals surface area contributed by atoms with E-state index >= 15 is 9.59 Å². The molecule has 13 heteroatoms. The maximum Gasteiger partial charge on any atom is 0.223 e. The van der Waals surface area contributed by atoms with Crippen molar-refractivity contribution in [1.82, 2.24) is 10.6 Å². The van der Waals surface area contributed by atoms with Crippen LogP contribution in [0.4, 0.5) is 0 Å². The second-order valence-electron chi connectivity index (χ2n) is 36.0. The predicted octanol–water partition coefficient (Wildman–Crippen LogP) is 28.2. The zero-order valence-electron chi connectivity index (χ0n) is 77.3. The van der Waals surface area contributed by atoms with E-state index in [1.54, 1.807) is 0 Å². The van der Waals surface area contributed by atoms with Gasteiger partial charge in [0, 0.05) is 24.9 Å². The zero-order valence-corrected chi connectivity index (χ0v) is 77.3. The summed E-state index contributed by atoms with van der Waals surface area (Å²) in [6.07, 6.45) is 49.0. The van der Waals surface area contributed by atoms with Crippen LogP contribution in [0.15, 0.2) is 182 Å². The van der Waals surface area contributed by atoms with Crippen LogP contribution >= 0.6 is 0 Å². The Balaban J connectivity index is 1.15. The monoisotopic (exact) mass is 1690 g/mol. The van der Waals surface area contributed by atoms with E-state index in [9.17, 15) is 0 Å². The third kappa shape index (κ3) is 43.5. The molecule has 684 valence electrons. The van der Waals surface area contributed by atoms with Gasteiger partial charge in [-0.3, -0.25) is 9.59 Å². The number of hydrogen-bond donors (Lipinski definition) is 2. The Morgan fingerprint density at radius 2 is 0.423 bits per heavy atom. The fraction of sp³-hybridized carbons (Fsp3) is 0.655. The second kappa shape index (κ2) is 67.2. The van der Waals surface area contributed by atoms with E-state index in [4.69, 9.17) is 42.6 Å². The topological polar surface area (TPSA) is 141 Å². The van der Waals surface area contributed by atoms with Crippen LogP contribution in [0, 0.1) is 11.8 Å². The summed E-state index contributed by atoms with van der Waals surface area (Å²) in [6, 6.07) is 61.3. The van der Waals surface area contributed by atoms with Gasteiger partial charge < -0.3 is 53.3 Å². The summed E-state index contributed by atoms with van der Waals surface area (Å²) in [7, 11) is 0. The molecule has 4 unspecified atom stereocenters. The Labute approximate surface area is 747 Å². The van der Waals surface area contributed by atoms with Gasteiger partial charge in [-0.1, -0.05) is 492 Å². The van der Waals surface area contributed by atoms with Crippen molar-refractivity contribution in [2.75, 3.05) is 13.1 Å². The standard InChI is InChI=1S/C110H168N2O11/c1-5-9-13-17-21-25-29-33-37-41-63-79-97(80-64-42-38-34-30-26-22-18-14-10-6-2)107(113)111-83-99-101(115-85-91-67-51-45-52-68-91)103(117-87-93-71-55-47-56-72-93)105(119-89-95-75-59-49-60-76-95)109(121-99)123-110-106(120-90-96-77-61-50-62-78-96)104(118-88-94-73-57-48-58-74-94)102(116-86-92-69-53-46-54-70-92)100(122-110)84-112-108(114)98(81-65-43-39-35-31-27-23-19-15-11-7-3)82-66-44-40-36-32-28-24-20-16-12-8-4/h45-62,67-78,97-106,109-110H,5-44,63-66,79-90H2,1-4H3,(H,111,113)(H,112,114)/t99?,100?,101-,102-,103-,104-,105?,106?,109-,110-/m1/s1. The lowest BCUT2D eigenvalue weighted by molar-refractivity contribution is -0.390. The Kier molecular flexibility index (Phi) is 55.9. The van der Waals surface area contributed by atoms with Crippen molar-refractivity contribution in [3.05, 3.63) is 215 Å². The minimum absolute atomic E-state index is 0.0379. The van der Waals surface area contributed by atoms with Crippen molar-refractivity contribution in [3.8, 4) is 0 Å². The lowest BCUT2D eigenvalue weighted by Gasteiger charge is -2.50. The second-order valence-corrected chi connectivity index (χ2v) is 36.0. The number of ether oxygens (including phenoxy) is 9. The third-order valence-corrected chi connectivity index (χ3v) is 25.5. The van der Waals surface area contributed by atoms with Gasteiger partial charge in [0.1, 0.15) is 48.8 Å². The summed E-state index contributed by atoms with van der Waals surface area (Å²) in [4.78, 5) is 31.0. The molecule has 0 aliphatic carbocycles. The van der Waals surface area contributed by atoms with Crippen molar-refractivity contribution in [3.63, 3.8) is 0 Å². The van der Waals surface area contributed by atoms with Crippen LogP contribution in [-0.2, 0) is 91.9 Å². The van der Waals surface area contributed by atoms with E-state index in [1.807, 2.05) is 109 Å². The number of carbonyl (C=O) groups is 2. The number of benzene rings is 6. The average molecular weight is 1690 g/mol. The van der Waals surface area contributed by atoms with Gasteiger partial charge in [0.2, 0.25) is 11.8 Å². The van der Waals surface area contributed by atoms with Crippen LogP contribution in [0.3, 0.4) is 0 Å². The number of rotatable bonds is 74. The fourth-order valence-electron chi connectivity index (χ4n) is 17.9. The first-order valence-electron chi connectivity index (χ1n) is 50.3. The summed E-state index contributed by atoms with van der Waals surface area (Å²) in [5.74, 6) is -0.261. The molecule has 123 heavy (non-hydrogen) atoms. The number of unbranched alkanes of at least 4 members (excludes halogenated alkanes) is 40. The van der Waals surface area contributed by atoms with Crippen LogP contribution in [-0.4, -0.2) is 86.3 Å². The van der Waals surface area contributed by atoms with Crippen LogP contribution in [0.2, 0.25) is 0 Å². The lowest BCUT2D eigenvalue weighted by Crippen LogP contribution is -2.67. The summed E-state index contributed by atoms with van der Waals surface area (Å²) < 4.78 is 67.3. The summed E-state index contributed by atoms with van der Waals surface area (Å²) >= 11 is 0. The van der Waals surface area contributed by atoms with Crippen LogP contribution in [0.25, 0.3) is 0 Å². The molecule has 13 nitrogen and oxygen atoms in total. The van der Waals surface area contributed by atoms with E-state index < -0.39 is 61.4 Å². The van der Waals surface area contributed by atoms with Gasteiger partial charge in [-0.05, 0) is 59.1 Å². The number of hydrogen-bond acceptors (Lipinski definition) is 11. The van der Waals surface area contributed by atoms with Gasteiger partial charge >= 0.3 is 0 Å². The molecular weight excluding hydrogens is 1530 g/mol. The zero-order chi connectivity index (χ0) is 86.1. The highest BCUT2D eigenvalue weighted by Gasteiger charge is 2.55. The van der Waals surface area contributed by atoms with E-state index in [0.717, 1.165) is 110 Å². The van der Waals surface area contributed by atoms with Crippen molar-refractivity contribution in [1.29, 1.82) is 0 Å². The van der Waals surface area contributed by atoms with Gasteiger partial charge in [0.15, 0.2) is 12.6 Å². The Morgan fingerprint density at radius 1 is 0.244 bits per heavy atom. The van der Waals surface area contributed by atoms with Crippen molar-refractivity contribution < 1.29 is 52.2 Å². The summed E-state index contributed by atoms with van der Waals surface area (Å²) in [5, 5.41) is 7.10. The average Bonchev–Trinajstić information content (AvgIpc) is 0.777. The maximum absolute atomic E-state index is 15.5. The van der Waals surface area contributed by atoms with E-state index in [0.29, 0.717) is 0 Å². The Hall–Kier alpha value is -6.10. The molecule has 0 radical (unpaired) electrons. The molecule has 2 aliphatic heterocycles. The number of nitrogens with one attached hydrogen (secondary N) is 2. The smallest absolute Gasteiger partial charge is 0.223 e. The molecule has 2 saturated heterocycles. The van der Waals surface area contributed by atoms with E-state index in [2.05, 4.69) is 111 Å². The molecule has 2 amide bonds. The van der Waals surface area contributed by atoms with Gasteiger partial charge in [0.05, 0.1) is 39.6 Å². The maximum atomic E-state index is 15.5. The van der Waals surface area contributed by atoms with Gasteiger partial charge in [-0.15, -0.1) is 0 Å². The molecule has 0 aromatic heterocycles.